The second-order valence-corrected chi connectivity index (χ2v) is 18.3. The third-order valence-corrected chi connectivity index (χ3v) is 15.5. The summed E-state index contributed by atoms with van der Waals surface area (Å²) < 4.78 is 29.3. The van der Waals surface area contributed by atoms with E-state index in [1.54, 1.807) is 6.07 Å². The van der Waals surface area contributed by atoms with Crippen molar-refractivity contribution in [1.29, 1.82) is 0 Å². The molecular formula is C44H58ClFN4O3. The van der Waals surface area contributed by atoms with E-state index in [-0.39, 0.29) is 22.3 Å². The highest BCUT2D eigenvalue weighted by atomic mass is 35.5. The van der Waals surface area contributed by atoms with Crippen LogP contribution in [0.15, 0.2) is 42.0 Å². The van der Waals surface area contributed by atoms with Crippen molar-refractivity contribution >= 4 is 23.2 Å². The lowest BCUT2D eigenvalue weighted by Crippen LogP contribution is -2.63. The van der Waals surface area contributed by atoms with Gasteiger partial charge in [0, 0.05) is 69.9 Å². The van der Waals surface area contributed by atoms with Crippen LogP contribution in [-0.2, 0) is 16.6 Å². The van der Waals surface area contributed by atoms with Crippen LogP contribution < -0.4 is 15.0 Å². The van der Waals surface area contributed by atoms with Crippen LogP contribution in [0, 0.1) is 35.4 Å². The number of carbonyl (C=O) groups is 1. The van der Waals surface area contributed by atoms with E-state index in [0.717, 1.165) is 87.4 Å². The molecule has 8 aliphatic rings. The number of nitrogens with zero attached hydrogens (tertiary/aromatic N) is 3. The maximum Gasteiger partial charge on any atom is 0.251 e. The van der Waals surface area contributed by atoms with Crippen molar-refractivity contribution in [2.45, 2.75) is 88.7 Å². The van der Waals surface area contributed by atoms with Gasteiger partial charge in [-0.15, -0.1) is 0 Å². The maximum atomic E-state index is 15.6. The molecule has 1 spiro atoms. The van der Waals surface area contributed by atoms with Gasteiger partial charge < -0.3 is 19.7 Å². The Balaban J connectivity index is 1.10. The average molecular weight is 745 g/mol. The molecule has 2 aromatic rings. The summed E-state index contributed by atoms with van der Waals surface area (Å²) in [6, 6.07) is 10.4. The Morgan fingerprint density at radius 2 is 1.92 bits per heavy atom. The van der Waals surface area contributed by atoms with Gasteiger partial charge in [0.2, 0.25) is 0 Å². The smallest absolute Gasteiger partial charge is 0.251 e. The maximum absolute atomic E-state index is 15.6. The SMILES string of the molecule is CO[C@@]1(CN2CCN3CCCC[C@H]3C2)C2=C[C@@H](C2)[C@H](C)[C@@H](C)CNC(=O)c2ccc3c(c2)N(C[C@@H]2CC[C@H]21)C[C@@]1(CCCc2c1ccc(Cl)c2F)CO3. The number of hydrogen-bond acceptors (Lipinski definition) is 6. The molecule has 0 radical (unpaired) electrons. The van der Waals surface area contributed by atoms with E-state index in [4.69, 9.17) is 21.1 Å². The summed E-state index contributed by atoms with van der Waals surface area (Å²) in [5.41, 5.74) is 4.16. The molecule has 1 saturated carbocycles. The molecule has 10 rings (SSSR count). The van der Waals surface area contributed by atoms with E-state index in [0.29, 0.717) is 67.3 Å². The van der Waals surface area contributed by atoms with Gasteiger partial charge in [0.25, 0.3) is 5.91 Å². The van der Waals surface area contributed by atoms with E-state index < -0.39 is 5.41 Å². The molecule has 0 unspecified atom stereocenters. The minimum Gasteiger partial charge on any atom is -0.490 e. The highest BCUT2D eigenvalue weighted by Crippen LogP contribution is 2.54. The number of ether oxygens (including phenoxy) is 2. The molecule has 286 valence electrons. The number of anilines is 1. The first-order chi connectivity index (χ1) is 25.7. The number of carbonyl (C=O) groups excluding carboxylic acids is 1. The molecule has 5 heterocycles. The standard InChI is InChI=1S/C44H58ClFN4O3/c1-28-22-47-42(51)30-10-14-40-39(21-30)50(25-43(27-53-40)15-6-8-35-37(43)12-13-38(45)41(35)46)23-31-9-11-36(31)44(52-3,33-19-32(20-33)29(28)2)26-48-17-18-49-16-5-4-7-34(49)24-48/h10,12-14,19,21,28-29,31-32,34,36H,4-9,11,15-18,20,22-27H2,1-3H3,(H,47,51)/t28-,29+,31-,32-,34-,36+,43-,44-/m0/s1. The normalized spacial score (nSPS) is 36.1. The van der Waals surface area contributed by atoms with Crippen LogP contribution in [-0.4, -0.2) is 93.4 Å². The first kappa shape index (κ1) is 36.0. The summed E-state index contributed by atoms with van der Waals surface area (Å²) in [5.74, 6) is 2.54. The lowest BCUT2D eigenvalue weighted by molar-refractivity contribution is -0.113. The Kier molecular flexibility index (Phi) is 9.60. The van der Waals surface area contributed by atoms with Crippen molar-refractivity contribution in [2.75, 3.05) is 71.0 Å². The lowest BCUT2D eigenvalue weighted by Gasteiger charge is -2.57. The number of piperidine rings is 1. The van der Waals surface area contributed by atoms with Crippen LogP contribution in [0.3, 0.4) is 0 Å². The minimum atomic E-state index is -0.395. The topological polar surface area (TPSA) is 57.3 Å². The Morgan fingerprint density at radius 3 is 2.74 bits per heavy atom. The zero-order valence-corrected chi connectivity index (χ0v) is 32.7. The molecule has 5 aliphatic heterocycles. The second kappa shape index (κ2) is 14.1. The Hall–Kier alpha value is -2.65. The van der Waals surface area contributed by atoms with Gasteiger partial charge in [-0.05, 0) is 128 Å². The third-order valence-electron chi connectivity index (χ3n) is 15.2. The zero-order chi connectivity index (χ0) is 36.5. The van der Waals surface area contributed by atoms with E-state index in [9.17, 15) is 4.79 Å². The van der Waals surface area contributed by atoms with Gasteiger partial charge in [-0.2, -0.15) is 0 Å². The first-order valence-corrected chi connectivity index (χ1v) is 21.1. The van der Waals surface area contributed by atoms with Gasteiger partial charge in [0.1, 0.15) is 17.2 Å². The van der Waals surface area contributed by atoms with Crippen molar-refractivity contribution < 1.29 is 18.7 Å². The number of amides is 1. The molecule has 4 bridgehead atoms. The molecule has 2 saturated heterocycles. The number of nitrogens with one attached hydrogen (secondary N) is 1. The Morgan fingerprint density at radius 1 is 1.06 bits per heavy atom. The van der Waals surface area contributed by atoms with Crippen LogP contribution in [0.2, 0.25) is 5.02 Å². The van der Waals surface area contributed by atoms with Gasteiger partial charge >= 0.3 is 0 Å². The predicted molar refractivity (Wildman–Crippen MR) is 209 cm³/mol. The fraction of sp³-hybridized carbons (Fsp3) is 0.659. The largest absolute Gasteiger partial charge is 0.490 e. The summed E-state index contributed by atoms with van der Waals surface area (Å²) in [7, 11) is 1.98. The van der Waals surface area contributed by atoms with Crippen molar-refractivity contribution in [3.8, 4) is 5.75 Å². The highest BCUT2D eigenvalue weighted by molar-refractivity contribution is 6.30. The minimum absolute atomic E-state index is 0.0413. The zero-order valence-electron chi connectivity index (χ0n) is 32.0. The molecule has 8 atom stereocenters. The summed E-state index contributed by atoms with van der Waals surface area (Å²) in [6.07, 6.45) is 12.4. The molecule has 2 aromatic carbocycles. The number of piperazine rings is 1. The molecule has 3 aliphatic carbocycles. The van der Waals surface area contributed by atoms with Gasteiger partial charge in [-0.1, -0.05) is 44.0 Å². The van der Waals surface area contributed by atoms with Crippen molar-refractivity contribution in [2.24, 2.45) is 29.6 Å². The summed E-state index contributed by atoms with van der Waals surface area (Å²) in [5, 5.41) is 3.47. The van der Waals surface area contributed by atoms with E-state index in [1.165, 1.54) is 31.4 Å². The van der Waals surface area contributed by atoms with Crippen LogP contribution in [0.1, 0.15) is 86.7 Å². The molecule has 9 heteroatoms. The summed E-state index contributed by atoms with van der Waals surface area (Å²) in [4.78, 5) is 21.7. The number of rotatable bonds is 3. The van der Waals surface area contributed by atoms with Crippen molar-refractivity contribution in [3.63, 3.8) is 0 Å². The lowest BCUT2D eigenvalue weighted by atomic mass is 9.57. The Bertz CT molecular complexity index is 1770. The number of benzene rings is 2. The van der Waals surface area contributed by atoms with Gasteiger partial charge in [-0.3, -0.25) is 14.6 Å². The van der Waals surface area contributed by atoms with Crippen LogP contribution in [0.5, 0.6) is 5.75 Å². The number of halogens is 2. The Labute approximate surface area is 320 Å². The summed E-state index contributed by atoms with van der Waals surface area (Å²) in [6.45, 7) is 12.9. The molecule has 1 amide bonds. The van der Waals surface area contributed by atoms with Crippen molar-refractivity contribution in [1.82, 2.24) is 15.1 Å². The van der Waals surface area contributed by atoms with Crippen molar-refractivity contribution in [3.05, 3.63) is 69.5 Å². The van der Waals surface area contributed by atoms with E-state index >= 15 is 4.39 Å². The molecule has 3 fully saturated rings. The van der Waals surface area contributed by atoms with Crippen LogP contribution >= 0.6 is 11.6 Å². The quantitative estimate of drug-likeness (QED) is 0.329. The molecule has 7 nitrogen and oxygen atoms in total. The molecule has 0 aromatic heterocycles. The highest BCUT2D eigenvalue weighted by Gasteiger charge is 2.55. The summed E-state index contributed by atoms with van der Waals surface area (Å²) >= 11 is 6.35. The number of fused-ring (bicyclic) bond motifs is 7. The van der Waals surface area contributed by atoms with Gasteiger partial charge in [0.05, 0.1) is 17.3 Å². The monoisotopic (exact) mass is 744 g/mol. The fourth-order valence-electron chi connectivity index (χ4n) is 11.6. The fourth-order valence-corrected chi connectivity index (χ4v) is 11.7. The predicted octanol–water partition coefficient (Wildman–Crippen LogP) is 7.50. The second-order valence-electron chi connectivity index (χ2n) is 17.9. The van der Waals surface area contributed by atoms with E-state index in [1.807, 2.05) is 25.3 Å². The molecule has 53 heavy (non-hydrogen) atoms. The first-order valence-electron chi connectivity index (χ1n) is 20.7. The average Bonchev–Trinajstić information content (AvgIpc) is 3.29. The molecular weight excluding hydrogens is 687 g/mol. The van der Waals surface area contributed by atoms with Gasteiger partial charge in [-0.25, -0.2) is 4.39 Å². The molecule has 1 N–H and O–H groups in total. The third kappa shape index (κ3) is 6.22. The van der Waals surface area contributed by atoms with E-state index in [2.05, 4.69) is 46.0 Å². The van der Waals surface area contributed by atoms with Gasteiger partial charge in [0.15, 0.2) is 0 Å². The number of methoxy groups -OCH3 is 1. The van der Waals surface area contributed by atoms with Crippen LogP contribution in [0.4, 0.5) is 10.1 Å². The number of hydrogen-bond donors (Lipinski definition) is 1. The number of allylic oxidation sites excluding steroid dienone is 1. The van der Waals surface area contributed by atoms with Crippen LogP contribution in [0.25, 0.3) is 0 Å².